The van der Waals surface area contributed by atoms with Gasteiger partial charge in [0.25, 0.3) is 5.69 Å². The lowest BCUT2D eigenvalue weighted by Gasteiger charge is -2.30. The average molecular weight is 295 g/mol. The highest BCUT2D eigenvalue weighted by molar-refractivity contribution is 6.03. The molecule has 0 saturated carbocycles. The molecule has 21 heavy (non-hydrogen) atoms. The van der Waals surface area contributed by atoms with Gasteiger partial charge in [-0.2, -0.15) is 0 Å². The summed E-state index contributed by atoms with van der Waals surface area (Å²) in [4.78, 5) is 24.4. The number of hydrogen-bond acceptors (Lipinski definition) is 7. The van der Waals surface area contributed by atoms with Gasteiger partial charge in [-0.25, -0.2) is 4.79 Å². The molecule has 1 heterocycles. The van der Waals surface area contributed by atoms with E-state index in [9.17, 15) is 14.9 Å². The van der Waals surface area contributed by atoms with Crippen molar-refractivity contribution in [2.75, 3.05) is 43.5 Å². The molecule has 0 radical (unpaired) electrons. The summed E-state index contributed by atoms with van der Waals surface area (Å²) in [5.74, 6) is -0.653. The molecular weight excluding hydrogens is 278 g/mol. The molecule has 1 fully saturated rings. The second-order valence-corrected chi connectivity index (χ2v) is 4.47. The van der Waals surface area contributed by atoms with E-state index in [4.69, 9.17) is 15.2 Å². The van der Waals surface area contributed by atoms with Crippen molar-refractivity contribution < 1.29 is 19.2 Å². The fraction of sp³-hybridized carbons (Fsp3) is 0.462. The van der Waals surface area contributed by atoms with E-state index < -0.39 is 10.9 Å². The highest BCUT2D eigenvalue weighted by Crippen LogP contribution is 2.34. The van der Waals surface area contributed by atoms with Gasteiger partial charge in [-0.15, -0.1) is 0 Å². The minimum Gasteiger partial charge on any atom is -0.462 e. The summed E-state index contributed by atoms with van der Waals surface area (Å²) in [6.45, 7) is 4.06. The monoisotopic (exact) mass is 295 g/mol. The summed E-state index contributed by atoms with van der Waals surface area (Å²) in [5, 5.41) is 11.0. The summed E-state index contributed by atoms with van der Waals surface area (Å²) >= 11 is 0. The van der Waals surface area contributed by atoms with Gasteiger partial charge in [-0.3, -0.25) is 10.1 Å². The Morgan fingerprint density at radius 3 is 2.71 bits per heavy atom. The number of nitrogens with two attached hydrogens (primary N) is 1. The van der Waals surface area contributed by atoms with Crippen molar-refractivity contribution in [2.45, 2.75) is 6.92 Å². The largest absolute Gasteiger partial charge is 0.462 e. The Kier molecular flexibility index (Phi) is 4.59. The zero-order valence-corrected chi connectivity index (χ0v) is 11.7. The molecule has 0 spiro atoms. The molecule has 0 bridgehead atoms. The van der Waals surface area contributed by atoms with E-state index in [1.807, 2.05) is 4.90 Å². The number of ether oxygens (including phenoxy) is 2. The SMILES string of the molecule is CCOC(=O)c1c(N2CCOCC2)ccc([N+](=O)[O-])c1N. The van der Waals surface area contributed by atoms with Gasteiger partial charge in [0.2, 0.25) is 0 Å². The van der Waals surface area contributed by atoms with Crippen LogP contribution < -0.4 is 10.6 Å². The number of anilines is 2. The van der Waals surface area contributed by atoms with E-state index >= 15 is 0 Å². The summed E-state index contributed by atoms with van der Waals surface area (Å²) in [6, 6.07) is 2.84. The van der Waals surface area contributed by atoms with E-state index in [-0.39, 0.29) is 23.5 Å². The van der Waals surface area contributed by atoms with Crippen LogP contribution in [0.4, 0.5) is 17.1 Å². The van der Waals surface area contributed by atoms with Crippen LogP contribution in [0.2, 0.25) is 0 Å². The average Bonchev–Trinajstić information content (AvgIpc) is 2.47. The summed E-state index contributed by atoms with van der Waals surface area (Å²) in [6.07, 6.45) is 0. The maximum Gasteiger partial charge on any atom is 0.342 e. The molecule has 1 aliphatic heterocycles. The van der Waals surface area contributed by atoms with Gasteiger partial charge in [0.05, 0.1) is 30.4 Å². The summed E-state index contributed by atoms with van der Waals surface area (Å²) in [7, 11) is 0. The van der Waals surface area contributed by atoms with Gasteiger partial charge in [0, 0.05) is 19.2 Å². The third-order valence-corrected chi connectivity index (χ3v) is 3.23. The highest BCUT2D eigenvalue weighted by atomic mass is 16.6. The molecule has 0 amide bonds. The standard InChI is InChI=1S/C13H17N3O5/c1-2-21-13(17)11-9(15-5-7-20-8-6-15)3-4-10(12(11)14)16(18)19/h3-4H,2,5-8,14H2,1H3. The van der Waals surface area contributed by atoms with Gasteiger partial charge in [-0.05, 0) is 13.0 Å². The van der Waals surface area contributed by atoms with E-state index in [2.05, 4.69) is 0 Å². The quantitative estimate of drug-likeness (QED) is 0.384. The molecular formula is C13H17N3O5. The van der Waals surface area contributed by atoms with E-state index in [0.29, 0.717) is 32.0 Å². The predicted octanol–water partition coefficient (Wildman–Crippen LogP) is 1.19. The number of rotatable bonds is 4. The number of nitro groups is 1. The van der Waals surface area contributed by atoms with Gasteiger partial charge in [-0.1, -0.05) is 0 Å². The smallest absolute Gasteiger partial charge is 0.342 e. The third kappa shape index (κ3) is 3.05. The number of morpholine rings is 1. The van der Waals surface area contributed by atoms with Crippen molar-refractivity contribution >= 4 is 23.0 Å². The van der Waals surface area contributed by atoms with E-state index in [1.165, 1.54) is 12.1 Å². The molecule has 1 aromatic rings. The number of benzene rings is 1. The number of carbonyl (C=O) groups is 1. The molecule has 8 heteroatoms. The summed E-state index contributed by atoms with van der Waals surface area (Å²) < 4.78 is 10.2. The molecule has 0 atom stereocenters. The van der Waals surface area contributed by atoms with Crippen LogP contribution in [-0.2, 0) is 9.47 Å². The number of nitrogen functional groups attached to an aromatic ring is 1. The molecule has 114 valence electrons. The Morgan fingerprint density at radius 2 is 2.14 bits per heavy atom. The summed E-state index contributed by atoms with van der Waals surface area (Å²) in [5.41, 5.74) is 5.95. The second kappa shape index (κ2) is 6.40. The molecule has 1 aromatic carbocycles. The van der Waals surface area contributed by atoms with Crippen LogP contribution in [-0.4, -0.2) is 43.8 Å². The molecule has 0 unspecified atom stereocenters. The number of nitrogens with zero attached hydrogens (tertiary/aromatic N) is 2. The first-order valence-electron chi connectivity index (χ1n) is 6.63. The fourth-order valence-corrected chi connectivity index (χ4v) is 2.24. The van der Waals surface area contributed by atoms with Crippen molar-refractivity contribution in [1.82, 2.24) is 0 Å². The molecule has 2 N–H and O–H groups in total. The molecule has 0 aromatic heterocycles. The number of nitro benzene ring substituents is 1. The van der Waals surface area contributed by atoms with Gasteiger partial charge < -0.3 is 20.1 Å². The van der Waals surface area contributed by atoms with Crippen molar-refractivity contribution in [1.29, 1.82) is 0 Å². The number of carbonyl (C=O) groups excluding carboxylic acids is 1. The van der Waals surface area contributed by atoms with Crippen LogP contribution >= 0.6 is 0 Å². The maximum atomic E-state index is 12.1. The predicted molar refractivity (Wildman–Crippen MR) is 76.5 cm³/mol. The zero-order valence-electron chi connectivity index (χ0n) is 11.7. The fourth-order valence-electron chi connectivity index (χ4n) is 2.24. The molecule has 1 saturated heterocycles. The minimum absolute atomic E-state index is 0.0490. The Balaban J connectivity index is 2.50. The highest BCUT2D eigenvalue weighted by Gasteiger charge is 2.27. The van der Waals surface area contributed by atoms with Gasteiger partial charge >= 0.3 is 5.97 Å². The van der Waals surface area contributed by atoms with Crippen LogP contribution in [0.25, 0.3) is 0 Å². The van der Waals surface area contributed by atoms with Crippen molar-refractivity contribution in [2.24, 2.45) is 0 Å². The minimum atomic E-state index is -0.653. The van der Waals surface area contributed by atoms with Crippen molar-refractivity contribution in [3.63, 3.8) is 0 Å². The first kappa shape index (κ1) is 15.0. The normalized spacial score (nSPS) is 14.8. The van der Waals surface area contributed by atoms with Crippen LogP contribution in [0, 0.1) is 10.1 Å². The van der Waals surface area contributed by atoms with Crippen LogP contribution in [0.15, 0.2) is 12.1 Å². The molecule has 2 rings (SSSR count). The van der Waals surface area contributed by atoms with Crippen molar-refractivity contribution in [3.8, 4) is 0 Å². The Hall–Kier alpha value is -2.35. The Bertz CT molecular complexity index is 555. The van der Waals surface area contributed by atoms with E-state index in [0.717, 1.165) is 0 Å². The Morgan fingerprint density at radius 1 is 1.48 bits per heavy atom. The van der Waals surface area contributed by atoms with Crippen LogP contribution in [0.1, 0.15) is 17.3 Å². The van der Waals surface area contributed by atoms with E-state index in [1.54, 1.807) is 6.92 Å². The second-order valence-electron chi connectivity index (χ2n) is 4.47. The first-order valence-corrected chi connectivity index (χ1v) is 6.63. The topological polar surface area (TPSA) is 108 Å². The van der Waals surface area contributed by atoms with Crippen LogP contribution in [0.3, 0.4) is 0 Å². The number of esters is 1. The molecule has 0 aliphatic carbocycles. The lowest BCUT2D eigenvalue weighted by Crippen LogP contribution is -2.37. The Labute approximate surface area is 121 Å². The van der Waals surface area contributed by atoms with Crippen LogP contribution in [0.5, 0.6) is 0 Å². The first-order chi connectivity index (χ1) is 10.1. The maximum absolute atomic E-state index is 12.1. The third-order valence-electron chi connectivity index (χ3n) is 3.23. The lowest BCUT2D eigenvalue weighted by atomic mass is 10.1. The molecule has 1 aliphatic rings. The molecule has 8 nitrogen and oxygen atoms in total. The van der Waals surface area contributed by atoms with Gasteiger partial charge in [0.15, 0.2) is 0 Å². The van der Waals surface area contributed by atoms with Gasteiger partial charge in [0.1, 0.15) is 11.3 Å². The lowest BCUT2D eigenvalue weighted by molar-refractivity contribution is -0.383. The van der Waals surface area contributed by atoms with Crippen molar-refractivity contribution in [3.05, 3.63) is 27.8 Å². The zero-order chi connectivity index (χ0) is 15.4. The number of hydrogen-bond donors (Lipinski definition) is 1.